The number of rotatable bonds is 3. The maximum absolute atomic E-state index is 12.2. The van der Waals surface area contributed by atoms with Crippen LogP contribution < -0.4 is 4.74 Å². The van der Waals surface area contributed by atoms with Crippen LogP contribution >= 0.6 is 0 Å². The normalized spacial score (nSPS) is 14.8. The first-order valence-electron chi connectivity index (χ1n) is 6.66. The third-order valence-corrected chi connectivity index (χ3v) is 3.36. The van der Waals surface area contributed by atoms with E-state index in [1.807, 2.05) is 49.4 Å². The molecule has 1 aliphatic heterocycles. The molecule has 0 unspecified atom stereocenters. The van der Waals surface area contributed by atoms with Crippen LogP contribution in [0.1, 0.15) is 15.9 Å². The summed E-state index contributed by atoms with van der Waals surface area (Å²) < 4.78 is 5.68. The number of nitrogens with zero attached hydrogens (tertiary/aromatic N) is 2. The fourth-order valence-corrected chi connectivity index (χ4v) is 2.14. The molecule has 0 aliphatic carbocycles. The molecule has 3 rings (SSSR count). The average molecular weight is 268 g/mol. The van der Waals surface area contributed by atoms with Gasteiger partial charge in [0, 0.05) is 17.8 Å². The zero-order valence-electron chi connectivity index (χ0n) is 11.3. The van der Waals surface area contributed by atoms with Crippen LogP contribution in [-0.2, 0) is 0 Å². The first-order chi connectivity index (χ1) is 9.72. The average Bonchev–Trinajstić information content (AvgIpc) is 2.44. The zero-order chi connectivity index (χ0) is 13.9. The minimum atomic E-state index is 0.0410. The van der Waals surface area contributed by atoms with Crippen LogP contribution in [0.3, 0.4) is 0 Å². The van der Waals surface area contributed by atoms with Crippen LogP contribution in [0.25, 0.3) is 0 Å². The first-order valence-corrected chi connectivity index (χ1v) is 6.66. The van der Waals surface area contributed by atoms with E-state index in [-0.39, 0.29) is 12.0 Å². The summed E-state index contributed by atoms with van der Waals surface area (Å²) in [5.74, 6) is 0.672. The molecule has 0 spiro atoms. The molecule has 0 atom stereocenters. The Morgan fingerprint density at radius 1 is 1.20 bits per heavy atom. The Labute approximate surface area is 118 Å². The third kappa shape index (κ3) is 2.64. The van der Waals surface area contributed by atoms with Crippen LogP contribution in [-0.4, -0.2) is 35.0 Å². The lowest BCUT2D eigenvalue weighted by Gasteiger charge is -2.38. The summed E-state index contributed by atoms with van der Waals surface area (Å²) >= 11 is 0. The minimum Gasteiger partial charge on any atom is -0.471 e. The number of amides is 1. The highest BCUT2D eigenvalue weighted by Crippen LogP contribution is 2.18. The standard InChI is InChI=1S/C16H16N2O2/c1-12-5-7-13(8-6-12)16(19)18-10-14(11-18)20-15-4-2-3-9-17-15/h2-9,14H,10-11H2,1H3. The molecule has 1 saturated heterocycles. The Morgan fingerprint density at radius 3 is 2.60 bits per heavy atom. The molecule has 0 saturated carbocycles. The van der Waals surface area contributed by atoms with E-state index in [0.717, 1.165) is 11.1 Å². The highest BCUT2D eigenvalue weighted by molar-refractivity contribution is 5.94. The van der Waals surface area contributed by atoms with Gasteiger partial charge in [0.25, 0.3) is 5.91 Å². The molecule has 1 amide bonds. The molecule has 102 valence electrons. The van der Waals surface area contributed by atoms with Gasteiger partial charge in [-0.25, -0.2) is 4.98 Å². The lowest BCUT2D eigenvalue weighted by Crippen LogP contribution is -2.56. The highest BCUT2D eigenvalue weighted by atomic mass is 16.5. The molecule has 2 aromatic rings. The van der Waals surface area contributed by atoms with Gasteiger partial charge in [0.2, 0.25) is 5.88 Å². The number of likely N-dealkylation sites (tertiary alicyclic amines) is 1. The number of carbonyl (C=O) groups excluding carboxylic acids is 1. The number of carbonyl (C=O) groups is 1. The zero-order valence-corrected chi connectivity index (χ0v) is 11.3. The van der Waals surface area contributed by atoms with E-state index in [1.54, 1.807) is 11.1 Å². The maximum Gasteiger partial charge on any atom is 0.254 e. The van der Waals surface area contributed by atoms with E-state index in [9.17, 15) is 4.79 Å². The van der Waals surface area contributed by atoms with Crippen molar-refractivity contribution in [3.63, 3.8) is 0 Å². The molecule has 2 heterocycles. The van der Waals surface area contributed by atoms with Crippen molar-refractivity contribution in [1.82, 2.24) is 9.88 Å². The van der Waals surface area contributed by atoms with Crippen LogP contribution in [0.4, 0.5) is 0 Å². The van der Waals surface area contributed by atoms with Crippen LogP contribution in [0, 0.1) is 6.92 Å². The number of aromatic nitrogens is 1. The van der Waals surface area contributed by atoms with Gasteiger partial charge in [-0.3, -0.25) is 4.79 Å². The lowest BCUT2D eigenvalue weighted by molar-refractivity contribution is 0.0160. The molecule has 0 radical (unpaired) electrons. The van der Waals surface area contributed by atoms with Gasteiger partial charge in [-0.1, -0.05) is 23.8 Å². The molecule has 1 fully saturated rings. The van der Waals surface area contributed by atoms with Gasteiger partial charge in [0.05, 0.1) is 13.1 Å². The SMILES string of the molecule is Cc1ccc(C(=O)N2CC(Oc3ccccn3)C2)cc1. The van der Waals surface area contributed by atoms with Gasteiger partial charge in [-0.05, 0) is 25.1 Å². The Kier molecular flexibility index (Phi) is 3.37. The van der Waals surface area contributed by atoms with Gasteiger partial charge < -0.3 is 9.64 Å². The summed E-state index contributed by atoms with van der Waals surface area (Å²) in [6.07, 6.45) is 1.74. The van der Waals surface area contributed by atoms with Crippen molar-refractivity contribution in [2.45, 2.75) is 13.0 Å². The highest BCUT2D eigenvalue weighted by Gasteiger charge is 2.32. The van der Waals surface area contributed by atoms with E-state index in [4.69, 9.17) is 4.74 Å². The van der Waals surface area contributed by atoms with E-state index in [1.165, 1.54) is 0 Å². The Hall–Kier alpha value is -2.36. The number of benzene rings is 1. The monoisotopic (exact) mass is 268 g/mol. The fraction of sp³-hybridized carbons (Fsp3) is 0.250. The Balaban J connectivity index is 1.55. The van der Waals surface area contributed by atoms with Crippen molar-refractivity contribution in [3.05, 3.63) is 59.8 Å². The van der Waals surface area contributed by atoms with Gasteiger partial charge in [-0.15, -0.1) is 0 Å². The number of pyridine rings is 1. The van der Waals surface area contributed by atoms with Crippen molar-refractivity contribution < 1.29 is 9.53 Å². The molecule has 4 nitrogen and oxygen atoms in total. The van der Waals surface area contributed by atoms with E-state index in [0.29, 0.717) is 19.0 Å². The minimum absolute atomic E-state index is 0.0410. The Morgan fingerprint density at radius 2 is 1.95 bits per heavy atom. The van der Waals surface area contributed by atoms with Gasteiger partial charge in [0.1, 0.15) is 6.10 Å². The molecular formula is C16H16N2O2. The quantitative estimate of drug-likeness (QED) is 0.857. The largest absolute Gasteiger partial charge is 0.471 e. The predicted molar refractivity (Wildman–Crippen MR) is 75.7 cm³/mol. The topological polar surface area (TPSA) is 42.4 Å². The van der Waals surface area contributed by atoms with Crippen molar-refractivity contribution in [2.75, 3.05) is 13.1 Å². The van der Waals surface area contributed by atoms with Crippen LogP contribution in [0.5, 0.6) is 5.88 Å². The predicted octanol–water partition coefficient (Wildman–Crippen LogP) is 2.29. The molecule has 0 bridgehead atoms. The summed E-state index contributed by atoms with van der Waals surface area (Å²) in [6, 6.07) is 13.2. The number of hydrogen-bond acceptors (Lipinski definition) is 3. The van der Waals surface area contributed by atoms with Gasteiger partial charge in [0.15, 0.2) is 0 Å². The molecule has 1 aromatic carbocycles. The Bertz CT molecular complexity index is 590. The second kappa shape index (κ2) is 5.33. The lowest BCUT2D eigenvalue weighted by atomic mass is 10.1. The second-order valence-electron chi connectivity index (χ2n) is 4.98. The summed E-state index contributed by atoms with van der Waals surface area (Å²) in [7, 11) is 0. The molecule has 20 heavy (non-hydrogen) atoms. The van der Waals surface area contributed by atoms with Crippen molar-refractivity contribution in [3.8, 4) is 5.88 Å². The van der Waals surface area contributed by atoms with Crippen molar-refractivity contribution in [1.29, 1.82) is 0 Å². The van der Waals surface area contributed by atoms with Gasteiger partial charge in [-0.2, -0.15) is 0 Å². The molecule has 1 aromatic heterocycles. The third-order valence-electron chi connectivity index (χ3n) is 3.36. The van der Waals surface area contributed by atoms with Crippen LogP contribution in [0.15, 0.2) is 48.7 Å². The van der Waals surface area contributed by atoms with Gasteiger partial charge >= 0.3 is 0 Å². The summed E-state index contributed by atoms with van der Waals surface area (Å²) in [6.45, 7) is 3.24. The molecule has 4 heteroatoms. The van der Waals surface area contributed by atoms with Crippen LogP contribution in [0.2, 0.25) is 0 Å². The first kappa shape index (κ1) is 12.7. The molecule has 0 N–H and O–H groups in total. The van der Waals surface area contributed by atoms with Crippen molar-refractivity contribution in [2.24, 2.45) is 0 Å². The van der Waals surface area contributed by atoms with Crippen molar-refractivity contribution >= 4 is 5.91 Å². The number of hydrogen-bond donors (Lipinski definition) is 0. The summed E-state index contributed by atoms with van der Waals surface area (Å²) in [4.78, 5) is 18.1. The molecular weight excluding hydrogens is 252 g/mol. The summed E-state index contributed by atoms with van der Waals surface area (Å²) in [5, 5.41) is 0. The van der Waals surface area contributed by atoms with E-state index in [2.05, 4.69) is 4.98 Å². The van der Waals surface area contributed by atoms with E-state index >= 15 is 0 Å². The number of ether oxygens (including phenoxy) is 1. The number of aryl methyl sites for hydroxylation is 1. The van der Waals surface area contributed by atoms with E-state index < -0.39 is 0 Å². The molecule has 1 aliphatic rings. The second-order valence-corrected chi connectivity index (χ2v) is 4.98. The maximum atomic E-state index is 12.2. The summed E-state index contributed by atoms with van der Waals surface area (Å²) in [5.41, 5.74) is 1.88. The fourth-order valence-electron chi connectivity index (χ4n) is 2.14. The smallest absolute Gasteiger partial charge is 0.254 e.